The SMILES string of the molecule is CCC(C)(CN)N1CCC2CCCCC21. The maximum absolute atomic E-state index is 5.98. The molecule has 0 radical (unpaired) electrons. The van der Waals surface area contributed by atoms with E-state index in [1.807, 2.05) is 0 Å². The average molecular weight is 210 g/mol. The van der Waals surface area contributed by atoms with Gasteiger partial charge in [0, 0.05) is 18.1 Å². The van der Waals surface area contributed by atoms with Crippen molar-refractivity contribution in [1.29, 1.82) is 0 Å². The molecule has 0 aromatic heterocycles. The van der Waals surface area contributed by atoms with Crippen LogP contribution in [0.4, 0.5) is 0 Å². The van der Waals surface area contributed by atoms with Gasteiger partial charge in [0.1, 0.15) is 0 Å². The molecule has 2 heteroatoms. The van der Waals surface area contributed by atoms with Crippen molar-refractivity contribution in [3.8, 4) is 0 Å². The number of rotatable bonds is 3. The van der Waals surface area contributed by atoms with Gasteiger partial charge >= 0.3 is 0 Å². The molecule has 1 heterocycles. The number of fused-ring (bicyclic) bond motifs is 1. The highest BCUT2D eigenvalue weighted by molar-refractivity contribution is 4.98. The normalized spacial score (nSPS) is 36.2. The predicted molar refractivity (Wildman–Crippen MR) is 64.8 cm³/mol. The van der Waals surface area contributed by atoms with Crippen molar-refractivity contribution in [3.05, 3.63) is 0 Å². The summed E-state index contributed by atoms with van der Waals surface area (Å²) >= 11 is 0. The van der Waals surface area contributed by atoms with Crippen LogP contribution in [0.3, 0.4) is 0 Å². The molecule has 2 N–H and O–H groups in total. The minimum atomic E-state index is 0.261. The molecule has 15 heavy (non-hydrogen) atoms. The quantitative estimate of drug-likeness (QED) is 0.775. The predicted octanol–water partition coefficient (Wildman–Crippen LogP) is 2.38. The van der Waals surface area contributed by atoms with E-state index < -0.39 is 0 Å². The zero-order chi connectivity index (χ0) is 10.9. The minimum Gasteiger partial charge on any atom is -0.329 e. The van der Waals surface area contributed by atoms with Gasteiger partial charge in [0.15, 0.2) is 0 Å². The van der Waals surface area contributed by atoms with Crippen LogP contribution < -0.4 is 5.73 Å². The molecular formula is C13H26N2. The third-order valence-corrected chi connectivity index (χ3v) is 4.90. The summed E-state index contributed by atoms with van der Waals surface area (Å²) < 4.78 is 0. The second-order valence-corrected chi connectivity index (χ2v) is 5.65. The molecule has 1 aliphatic carbocycles. The van der Waals surface area contributed by atoms with E-state index >= 15 is 0 Å². The van der Waals surface area contributed by atoms with Crippen LogP contribution in [0.5, 0.6) is 0 Å². The van der Waals surface area contributed by atoms with E-state index in [2.05, 4.69) is 18.7 Å². The molecule has 3 atom stereocenters. The molecule has 0 spiro atoms. The first kappa shape index (κ1) is 11.4. The number of nitrogens with two attached hydrogens (primary N) is 1. The molecule has 2 aliphatic rings. The van der Waals surface area contributed by atoms with Crippen molar-refractivity contribution in [2.45, 2.75) is 64.0 Å². The van der Waals surface area contributed by atoms with Gasteiger partial charge in [0.25, 0.3) is 0 Å². The van der Waals surface area contributed by atoms with E-state index in [-0.39, 0.29) is 5.54 Å². The van der Waals surface area contributed by atoms with E-state index in [0.717, 1.165) is 18.5 Å². The Labute approximate surface area is 94.2 Å². The zero-order valence-electron chi connectivity index (χ0n) is 10.3. The highest BCUT2D eigenvalue weighted by atomic mass is 15.3. The first-order valence-corrected chi connectivity index (χ1v) is 6.68. The standard InChI is InChI=1S/C13H26N2/c1-3-13(2,10-14)15-9-8-11-6-4-5-7-12(11)15/h11-12H,3-10,14H2,1-2H3. The summed E-state index contributed by atoms with van der Waals surface area (Å²) in [4.78, 5) is 2.73. The summed E-state index contributed by atoms with van der Waals surface area (Å²) in [6, 6.07) is 0.854. The molecule has 88 valence electrons. The Bertz CT molecular complexity index is 211. The molecule has 2 fully saturated rings. The summed E-state index contributed by atoms with van der Waals surface area (Å²) in [5, 5.41) is 0. The first-order valence-electron chi connectivity index (χ1n) is 6.68. The van der Waals surface area contributed by atoms with E-state index in [1.165, 1.54) is 45.1 Å². The van der Waals surface area contributed by atoms with Gasteiger partial charge < -0.3 is 5.73 Å². The third kappa shape index (κ3) is 1.94. The molecule has 1 saturated heterocycles. The van der Waals surface area contributed by atoms with Gasteiger partial charge in [-0.2, -0.15) is 0 Å². The lowest BCUT2D eigenvalue weighted by atomic mass is 9.83. The molecule has 0 bridgehead atoms. The summed E-state index contributed by atoms with van der Waals surface area (Å²) in [5.74, 6) is 0.983. The number of hydrogen-bond acceptors (Lipinski definition) is 2. The van der Waals surface area contributed by atoms with Crippen LogP contribution >= 0.6 is 0 Å². The fraction of sp³-hybridized carbons (Fsp3) is 1.00. The average Bonchev–Trinajstić information content (AvgIpc) is 2.72. The summed E-state index contributed by atoms with van der Waals surface area (Å²) in [6.45, 7) is 6.73. The minimum absolute atomic E-state index is 0.261. The first-order chi connectivity index (χ1) is 7.21. The van der Waals surface area contributed by atoms with Gasteiger partial charge in [-0.3, -0.25) is 4.90 Å². The highest BCUT2D eigenvalue weighted by Gasteiger charge is 2.42. The Hall–Kier alpha value is -0.0800. The maximum atomic E-state index is 5.98. The van der Waals surface area contributed by atoms with Gasteiger partial charge in [0.05, 0.1) is 0 Å². The second-order valence-electron chi connectivity index (χ2n) is 5.65. The molecular weight excluding hydrogens is 184 g/mol. The summed E-state index contributed by atoms with van der Waals surface area (Å²) in [7, 11) is 0. The molecule has 1 aliphatic heterocycles. The topological polar surface area (TPSA) is 29.3 Å². The van der Waals surface area contributed by atoms with Crippen LogP contribution in [0.15, 0.2) is 0 Å². The van der Waals surface area contributed by atoms with Crippen LogP contribution in [0.1, 0.15) is 52.4 Å². The van der Waals surface area contributed by atoms with Crippen molar-refractivity contribution in [1.82, 2.24) is 4.90 Å². The smallest absolute Gasteiger partial charge is 0.0304 e. The molecule has 2 rings (SSSR count). The molecule has 1 saturated carbocycles. The largest absolute Gasteiger partial charge is 0.329 e. The summed E-state index contributed by atoms with van der Waals surface area (Å²) in [5.41, 5.74) is 6.24. The number of likely N-dealkylation sites (tertiary alicyclic amines) is 1. The zero-order valence-corrected chi connectivity index (χ0v) is 10.3. The van der Waals surface area contributed by atoms with Gasteiger partial charge in [-0.1, -0.05) is 19.8 Å². The Morgan fingerprint density at radius 1 is 1.27 bits per heavy atom. The molecule has 0 amide bonds. The van der Waals surface area contributed by atoms with Crippen LogP contribution in [0.25, 0.3) is 0 Å². The van der Waals surface area contributed by atoms with Gasteiger partial charge in [0.2, 0.25) is 0 Å². The Kier molecular flexibility index (Phi) is 3.36. The Morgan fingerprint density at radius 2 is 2.00 bits per heavy atom. The summed E-state index contributed by atoms with van der Waals surface area (Å²) in [6.07, 6.45) is 8.38. The Balaban J connectivity index is 2.09. The molecule has 2 nitrogen and oxygen atoms in total. The van der Waals surface area contributed by atoms with E-state index in [9.17, 15) is 0 Å². The van der Waals surface area contributed by atoms with Gasteiger partial charge in [-0.25, -0.2) is 0 Å². The monoisotopic (exact) mass is 210 g/mol. The van der Waals surface area contributed by atoms with Crippen molar-refractivity contribution < 1.29 is 0 Å². The highest BCUT2D eigenvalue weighted by Crippen LogP contribution is 2.40. The van der Waals surface area contributed by atoms with Crippen LogP contribution in [-0.2, 0) is 0 Å². The fourth-order valence-corrected chi connectivity index (χ4v) is 3.54. The number of nitrogens with zero attached hydrogens (tertiary/aromatic N) is 1. The van der Waals surface area contributed by atoms with Crippen molar-refractivity contribution in [3.63, 3.8) is 0 Å². The maximum Gasteiger partial charge on any atom is 0.0304 e. The van der Waals surface area contributed by atoms with Gasteiger partial charge in [-0.15, -0.1) is 0 Å². The fourth-order valence-electron chi connectivity index (χ4n) is 3.54. The van der Waals surface area contributed by atoms with Crippen molar-refractivity contribution in [2.75, 3.05) is 13.1 Å². The van der Waals surface area contributed by atoms with Crippen LogP contribution in [0.2, 0.25) is 0 Å². The second kappa shape index (κ2) is 4.42. The van der Waals surface area contributed by atoms with Crippen LogP contribution in [-0.4, -0.2) is 29.6 Å². The van der Waals surface area contributed by atoms with E-state index in [4.69, 9.17) is 5.73 Å². The van der Waals surface area contributed by atoms with Crippen molar-refractivity contribution in [2.24, 2.45) is 11.7 Å². The lowest BCUT2D eigenvalue weighted by molar-refractivity contribution is 0.0644. The molecule has 3 unspecified atom stereocenters. The van der Waals surface area contributed by atoms with Gasteiger partial charge in [-0.05, 0) is 45.1 Å². The Morgan fingerprint density at radius 3 is 2.67 bits per heavy atom. The molecule has 0 aromatic rings. The lowest BCUT2D eigenvalue weighted by Crippen LogP contribution is -2.54. The van der Waals surface area contributed by atoms with Crippen LogP contribution in [0, 0.1) is 5.92 Å². The number of hydrogen-bond donors (Lipinski definition) is 1. The van der Waals surface area contributed by atoms with E-state index in [0.29, 0.717) is 0 Å². The third-order valence-electron chi connectivity index (χ3n) is 4.90. The lowest BCUT2D eigenvalue weighted by Gasteiger charge is -2.43. The van der Waals surface area contributed by atoms with E-state index in [1.54, 1.807) is 0 Å². The van der Waals surface area contributed by atoms with Crippen molar-refractivity contribution >= 4 is 0 Å². The molecule has 0 aromatic carbocycles.